The molecule has 0 saturated heterocycles. The molecule has 0 aliphatic carbocycles. The van der Waals surface area contributed by atoms with Gasteiger partial charge in [0.25, 0.3) is 0 Å². The van der Waals surface area contributed by atoms with E-state index in [1.807, 2.05) is 0 Å². The Balaban J connectivity index is 2.75. The molecule has 0 amide bonds. The Hall–Kier alpha value is -1.43. The summed E-state index contributed by atoms with van der Waals surface area (Å²) in [6.45, 7) is 11.5. The quantitative estimate of drug-likeness (QED) is 0.754. The Morgan fingerprint density at radius 3 is 1.52 bits per heavy atom. The molecular formula is C19H26B2. The van der Waals surface area contributed by atoms with Gasteiger partial charge in [0.2, 0.25) is 0 Å². The summed E-state index contributed by atoms with van der Waals surface area (Å²) in [5.74, 6) is 0. The van der Waals surface area contributed by atoms with E-state index < -0.39 is 0 Å². The maximum Gasteiger partial charge on any atom is 0.114 e. The summed E-state index contributed by atoms with van der Waals surface area (Å²) in [4.78, 5) is 0. The van der Waals surface area contributed by atoms with Gasteiger partial charge >= 0.3 is 0 Å². The van der Waals surface area contributed by atoms with Crippen LogP contribution >= 0.6 is 0 Å². The molecule has 0 fully saturated rings. The molecule has 21 heavy (non-hydrogen) atoms. The predicted octanol–water partition coefficient (Wildman–Crippen LogP) is 3.40. The van der Waals surface area contributed by atoms with E-state index in [9.17, 15) is 0 Å². The first kappa shape index (κ1) is 15.9. The maximum atomic E-state index is 2.37. The highest BCUT2D eigenvalue weighted by atomic mass is 14.2. The molecule has 0 unspecified atom stereocenters. The van der Waals surface area contributed by atoms with Crippen LogP contribution in [0.5, 0.6) is 0 Å². The normalized spacial score (nSPS) is 12.4. The van der Waals surface area contributed by atoms with E-state index in [0.717, 1.165) is 0 Å². The molecular weight excluding hydrogens is 250 g/mol. The smallest absolute Gasteiger partial charge is 0.0632 e. The predicted molar refractivity (Wildman–Crippen MR) is 99.8 cm³/mol. The lowest BCUT2D eigenvalue weighted by Gasteiger charge is -2.30. The fraction of sp³-hybridized carbons (Fsp3) is 0.368. The van der Waals surface area contributed by atoms with Gasteiger partial charge in [0, 0.05) is 0 Å². The largest absolute Gasteiger partial charge is 0.114 e. The van der Waals surface area contributed by atoms with E-state index in [2.05, 4.69) is 92.8 Å². The van der Waals surface area contributed by atoms with Gasteiger partial charge in [-0.1, -0.05) is 70.2 Å². The second kappa shape index (κ2) is 5.40. The monoisotopic (exact) mass is 276 g/mol. The van der Waals surface area contributed by atoms with Crippen LogP contribution in [0.15, 0.2) is 42.5 Å². The number of hydrogen-bond acceptors (Lipinski definition) is 0. The van der Waals surface area contributed by atoms with Gasteiger partial charge in [-0.3, -0.25) is 0 Å². The Kier molecular flexibility index (Phi) is 4.10. The van der Waals surface area contributed by atoms with E-state index in [1.54, 1.807) is 0 Å². The van der Waals surface area contributed by atoms with E-state index in [0.29, 0.717) is 0 Å². The highest BCUT2D eigenvalue weighted by molar-refractivity contribution is 6.16. The third-order valence-electron chi connectivity index (χ3n) is 4.13. The molecule has 0 spiro atoms. The molecule has 2 aromatic carbocycles. The third-order valence-corrected chi connectivity index (χ3v) is 4.13. The number of hydrogen-bond donors (Lipinski definition) is 0. The summed E-state index contributed by atoms with van der Waals surface area (Å²) >= 11 is 0. The van der Waals surface area contributed by atoms with Crippen molar-refractivity contribution in [1.82, 2.24) is 0 Å². The number of benzene rings is 2. The average Bonchev–Trinajstić information content (AvgIpc) is 2.37. The molecule has 0 nitrogen and oxygen atoms in total. The van der Waals surface area contributed by atoms with Crippen LogP contribution in [0, 0.1) is 6.92 Å². The van der Waals surface area contributed by atoms with E-state index in [-0.39, 0.29) is 10.6 Å². The van der Waals surface area contributed by atoms with Crippen LogP contribution in [0.4, 0.5) is 0 Å². The van der Waals surface area contributed by atoms with Gasteiger partial charge in [0.1, 0.15) is 15.7 Å². The van der Waals surface area contributed by atoms with Crippen LogP contribution in [0.2, 0.25) is 0 Å². The lowest BCUT2D eigenvalue weighted by molar-refractivity contribution is 0.723. The zero-order valence-corrected chi connectivity index (χ0v) is 14.5. The Morgan fingerprint density at radius 1 is 0.714 bits per heavy atom. The molecule has 0 bridgehead atoms. The van der Waals surface area contributed by atoms with E-state index in [4.69, 9.17) is 0 Å². The average molecular weight is 276 g/mol. The van der Waals surface area contributed by atoms with Gasteiger partial charge in [-0.25, -0.2) is 0 Å². The molecule has 0 atom stereocenters. The lowest BCUT2D eigenvalue weighted by atomic mass is 9.61. The van der Waals surface area contributed by atoms with Crippen molar-refractivity contribution in [2.24, 2.45) is 0 Å². The van der Waals surface area contributed by atoms with E-state index in [1.165, 1.54) is 27.8 Å². The minimum atomic E-state index is 0.162. The molecule has 0 N–H and O–H groups in total. The van der Waals surface area contributed by atoms with E-state index >= 15 is 0 Å². The highest BCUT2D eigenvalue weighted by Crippen LogP contribution is 2.35. The van der Waals surface area contributed by atoms with Crippen molar-refractivity contribution in [2.45, 2.75) is 45.2 Å². The second-order valence-electron chi connectivity index (χ2n) is 8.06. The van der Waals surface area contributed by atoms with Crippen molar-refractivity contribution in [3.8, 4) is 11.1 Å². The standard InChI is InChI=1S/C19H26B2/c1-13-16(18(2,3)20)11-15(12-17(13)19(4,5)21)14-9-7-6-8-10-14/h6-12H,20-21H2,1-5H3. The molecule has 0 aromatic heterocycles. The summed E-state index contributed by atoms with van der Waals surface area (Å²) in [6.07, 6.45) is 0. The van der Waals surface area contributed by atoms with Gasteiger partial charge in [0.05, 0.1) is 0 Å². The lowest BCUT2D eigenvalue weighted by Crippen LogP contribution is -2.24. The van der Waals surface area contributed by atoms with Gasteiger partial charge in [0.15, 0.2) is 0 Å². The molecule has 0 radical (unpaired) electrons. The fourth-order valence-electron chi connectivity index (χ4n) is 3.07. The van der Waals surface area contributed by atoms with Crippen LogP contribution in [-0.2, 0) is 10.6 Å². The Labute approximate surface area is 131 Å². The van der Waals surface area contributed by atoms with Crippen LogP contribution in [-0.4, -0.2) is 15.7 Å². The zero-order chi connectivity index (χ0) is 15.8. The molecule has 2 rings (SSSR count). The molecule has 0 saturated carbocycles. The van der Waals surface area contributed by atoms with Gasteiger partial charge in [-0.15, -0.1) is 0 Å². The molecule has 0 aliphatic heterocycles. The van der Waals surface area contributed by atoms with Gasteiger partial charge in [-0.05, 0) is 45.4 Å². The first-order chi connectivity index (χ1) is 9.60. The van der Waals surface area contributed by atoms with Gasteiger partial charge < -0.3 is 0 Å². The summed E-state index contributed by atoms with van der Waals surface area (Å²) in [5.41, 5.74) is 6.97. The number of rotatable bonds is 3. The van der Waals surface area contributed by atoms with Crippen molar-refractivity contribution in [3.05, 3.63) is 59.2 Å². The molecule has 0 aliphatic rings. The maximum absolute atomic E-state index is 2.37. The van der Waals surface area contributed by atoms with Crippen molar-refractivity contribution in [2.75, 3.05) is 0 Å². The minimum Gasteiger partial charge on any atom is -0.0632 e. The summed E-state index contributed by atoms with van der Waals surface area (Å²) in [5, 5.41) is 0.323. The van der Waals surface area contributed by atoms with Crippen LogP contribution in [0.1, 0.15) is 44.4 Å². The van der Waals surface area contributed by atoms with Crippen LogP contribution in [0.25, 0.3) is 11.1 Å². The van der Waals surface area contributed by atoms with Gasteiger partial charge in [-0.2, -0.15) is 0 Å². The summed E-state index contributed by atoms with van der Waals surface area (Å²) in [6, 6.07) is 15.4. The van der Waals surface area contributed by atoms with Crippen LogP contribution < -0.4 is 0 Å². The summed E-state index contributed by atoms with van der Waals surface area (Å²) < 4.78 is 0. The van der Waals surface area contributed by atoms with Crippen molar-refractivity contribution >= 4 is 15.7 Å². The fourth-order valence-corrected chi connectivity index (χ4v) is 3.07. The SMILES string of the molecule is BC(C)(C)c1cc(-c2ccccc2)cc(C(B)(C)C)c1C. The minimum absolute atomic E-state index is 0.162. The first-order valence-corrected chi connectivity index (χ1v) is 7.82. The first-order valence-electron chi connectivity index (χ1n) is 7.82. The third kappa shape index (κ3) is 3.43. The molecule has 108 valence electrons. The van der Waals surface area contributed by atoms with Crippen molar-refractivity contribution in [1.29, 1.82) is 0 Å². The van der Waals surface area contributed by atoms with Crippen molar-refractivity contribution < 1.29 is 0 Å². The Bertz CT molecular complexity index is 594. The molecule has 2 heteroatoms. The highest BCUT2D eigenvalue weighted by Gasteiger charge is 2.24. The second-order valence-corrected chi connectivity index (χ2v) is 8.06. The zero-order valence-electron chi connectivity index (χ0n) is 14.5. The molecule has 2 aromatic rings. The van der Waals surface area contributed by atoms with Crippen LogP contribution in [0.3, 0.4) is 0 Å². The summed E-state index contributed by atoms with van der Waals surface area (Å²) in [7, 11) is 4.60. The Morgan fingerprint density at radius 2 is 1.14 bits per heavy atom. The molecule has 0 heterocycles. The topological polar surface area (TPSA) is 0 Å². The van der Waals surface area contributed by atoms with Crippen molar-refractivity contribution in [3.63, 3.8) is 0 Å².